The number of halogens is 1. The van der Waals surface area contributed by atoms with Crippen molar-refractivity contribution >= 4 is 17.9 Å². The Morgan fingerprint density at radius 1 is 1.57 bits per heavy atom. The maximum atomic E-state index is 10.8. The molecule has 1 aliphatic rings. The largest absolute Gasteiger partial charge is 0.508 e. The van der Waals surface area contributed by atoms with E-state index in [9.17, 15) is 9.90 Å². The first-order valence-corrected chi connectivity index (χ1v) is 4.80. The molecule has 0 fully saturated rings. The molecule has 4 heteroatoms. The first-order chi connectivity index (χ1) is 6.72. The minimum atomic E-state index is -0.344. The van der Waals surface area contributed by atoms with Crippen LogP contribution in [0.4, 0.5) is 0 Å². The fraction of sp³-hybridized carbons (Fsp3) is 0.300. The topological polar surface area (TPSA) is 49.3 Å². The number of carbonyl (C=O) groups is 1. The third-order valence-corrected chi connectivity index (χ3v) is 2.76. The van der Waals surface area contributed by atoms with Crippen molar-refractivity contribution in [2.24, 2.45) is 0 Å². The molecule has 0 spiro atoms. The van der Waals surface area contributed by atoms with Crippen LogP contribution >= 0.6 is 11.6 Å². The Kier molecular flexibility index (Phi) is 2.44. The molecule has 0 bridgehead atoms. The summed E-state index contributed by atoms with van der Waals surface area (Å²) in [5.74, 6) is 0.101. The number of aromatic hydroxyl groups is 1. The van der Waals surface area contributed by atoms with Crippen molar-refractivity contribution in [3.63, 3.8) is 0 Å². The Balaban J connectivity index is 2.56. The molecule has 0 saturated heterocycles. The van der Waals surface area contributed by atoms with E-state index in [0.717, 1.165) is 30.4 Å². The number of benzene rings is 1. The maximum absolute atomic E-state index is 10.8. The van der Waals surface area contributed by atoms with Gasteiger partial charge < -0.3 is 15.2 Å². The summed E-state index contributed by atoms with van der Waals surface area (Å²) in [6, 6.07) is 2.75. The van der Waals surface area contributed by atoms with Gasteiger partial charge in [-0.1, -0.05) is 11.6 Å². The van der Waals surface area contributed by atoms with E-state index in [1.54, 1.807) is 6.07 Å². The van der Waals surface area contributed by atoms with Gasteiger partial charge in [0.05, 0.1) is 6.04 Å². The number of aldehydes is 1. The van der Waals surface area contributed by atoms with E-state index >= 15 is 0 Å². The first kappa shape index (κ1) is 9.49. The molecule has 3 nitrogen and oxygen atoms in total. The zero-order chi connectivity index (χ0) is 10.1. The van der Waals surface area contributed by atoms with Gasteiger partial charge in [-0.3, -0.25) is 0 Å². The molecule has 1 atom stereocenters. The molecular weight excluding hydrogens is 202 g/mol. The molecule has 1 aromatic rings. The van der Waals surface area contributed by atoms with Gasteiger partial charge in [0.25, 0.3) is 0 Å². The number of fused-ring (bicyclic) bond motifs is 1. The normalized spacial score (nSPS) is 20.2. The molecule has 1 heterocycles. The predicted molar refractivity (Wildman–Crippen MR) is 53.6 cm³/mol. The summed E-state index contributed by atoms with van der Waals surface area (Å²) in [4.78, 5) is 10.8. The second kappa shape index (κ2) is 3.59. The summed E-state index contributed by atoms with van der Waals surface area (Å²) < 4.78 is 0. The fourth-order valence-corrected chi connectivity index (χ4v) is 2.08. The number of nitrogens with one attached hydrogen (secondary N) is 1. The van der Waals surface area contributed by atoms with Gasteiger partial charge in [0, 0.05) is 11.6 Å². The average Bonchev–Trinajstić information content (AvgIpc) is 2.17. The molecule has 1 unspecified atom stereocenters. The second-order valence-electron chi connectivity index (χ2n) is 3.31. The number of rotatable bonds is 1. The monoisotopic (exact) mass is 211 g/mol. The summed E-state index contributed by atoms with van der Waals surface area (Å²) in [7, 11) is 0. The van der Waals surface area contributed by atoms with E-state index in [2.05, 4.69) is 5.32 Å². The lowest BCUT2D eigenvalue weighted by Gasteiger charge is -2.23. The molecule has 0 radical (unpaired) electrons. The summed E-state index contributed by atoms with van der Waals surface area (Å²) in [6.45, 7) is 0.737. The van der Waals surface area contributed by atoms with Crippen molar-refractivity contribution in [2.75, 3.05) is 6.54 Å². The van der Waals surface area contributed by atoms with Gasteiger partial charge in [-0.15, -0.1) is 0 Å². The van der Waals surface area contributed by atoms with Gasteiger partial charge in [-0.05, 0) is 29.7 Å². The molecule has 1 aliphatic heterocycles. The predicted octanol–water partition coefficient (Wildman–Crippen LogP) is 1.43. The highest BCUT2D eigenvalue weighted by Crippen LogP contribution is 2.31. The van der Waals surface area contributed by atoms with E-state index < -0.39 is 0 Å². The molecule has 14 heavy (non-hydrogen) atoms. The molecule has 1 aromatic carbocycles. The van der Waals surface area contributed by atoms with Crippen molar-refractivity contribution < 1.29 is 9.90 Å². The van der Waals surface area contributed by atoms with Crippen LogP contribution in [0.1, 0.15) is 17.2 Å². The Morgan fingerprint density at radius 3 is 3.07 bits per heavy atom. The molecule has 0 saturated carbocycles. The lowest BCUT2D eigenvalue weighted by molar-refractivity contribution is -0.109. The van der Waals surface area contributed by atoms with E-state index in [1.165, 1.54) is 6.07 Å². The standard InChI is InChI=1S/C10H10ClNO2/c11-9-4-6(14)3-8-7(9)1-2-12-10(8)5-13/h3-5,10,12,14H,1-2H2. The number of carbonyl (C=O) groups excluding carboxylic acids is 1. The van der Waals surface area contributed by atoms with Gasteiger partial charge in [-0.2, -0.15) is 0 Å². The van der Waals surface area contributed by atoms with E-state index in [0.29, 0.717) is 5.02 Å². The summed E-state index contributed by atoms with van der Waals surface area (Å²) in [5.41, 5.74) is 1.75. The summed E-state index contributed by atoms with van der Waals surface area (Å²) >= 11 is 5.97. The molecule has 2 rings (SSSR count). The average molecular weight is 212 g/mol. The van der Waals surface area contributed by atoms with Crippen molar-refractivity contribution in [1.29, 1.82) is 0 Å². The third-order valence-electron chi connectivity index (χ3n) is 2.43. The zero-order valence-electron chi connectivity index (χ0n) is 7.46. The van der Waals surface area contributed by atoms with Crippen LogP contribution in [-0.2, 0) is 11.2 Å². The third kappa shape index (κ3) is 1.49. The highest BCUT2D eigenvalue weighted by molar-refractivity contribution is 6.31. The minimum Gasteiger partial charge on any atom is -0.508 e. The SMILES string of the molecule is O=CC1NCCc2c(Cl)cc(O)cc21. The highest BCUT2D eigenvalue weighted by Gasteiger charge is 2.21. The lowest BCUT2D eigenvalue weighted by atomic mass is 9.95. The maximum Gasteiger partial charge on any atom is 0.141 e. The van der Waals surface area contributed by atoms with Crippen LogP contribution in [0, 0.1) is 0 Å². The smallest absolute Gasteiger partial charge is 0.141 e. The van der Waals surface area contributed by atoms with Crippen LogP contribution in [0.5, 0.6) is 5.75 Å². The quantitative estimate of drug-likeness (QED) is 0.691. The molecular formula is C10H10ClNO2. The Labute approximate surface area is 86.7 Å². The van der Waals surface area contributed by atoms with Crippen LogP contribution in [0.15, 0.2) is 12.1 Å². The molecule has 0 amide bonds. The highest BCUT2D eigenvalue weighted by atomic mass is 35.5. The Hall–Kier alpha value is -1.06. The molecule has 0 aromatic heterocycles. The van der Waals surface area contributed by atoms with Gasteiger partial charge in [0.15, 0.2) is 0 Å². The van der Waals surface area contributed by atoms with E-state index in [4.69, 9.17) is 11.6 Å². The summed E-state index contributed by atoms with van der Waals surface area (Å²) in [6.07, 6.45) is 1.62. The molecule has 0 aliphatic carbocycles. The molecule has 2 N–H and O–H groups in total. The number of hydrogen-bond donors (Lipinski definition) is 2. The number of hydrogen-bond acceptors (Lipinski definition) is 3. The van der Waals surface area contributed by atoms with Gasteiger partial charge >= 0.3 is 0 Å². The van der Waals surface area contributed by atoms with Crippen LogP contribution in [0.25, 0.3) is 0 Å². The zero-order valence-corrected chi connectivity index (χ0v) is 8.21. The Bertz CT molecular complexity index is 379. The van der Waals surface area contributed by atoms with Crippen LogP contribution in [-0.4, -0.2) is 17.9 Å². The van der Waals surface area contributed by atoms with Crippen LogP contribution in [0.2, 0.25) is 5.02 Å². The number of phenols is 1. The van der Waals surface area contributed by atoms with Crippen molar-refractivity contribution in [2.45, 2.75) is 12.5 Å². The first-order valence-electron chi connectivity index (χ1n) is 4.42. The Morgan fingerprint density at radius 2 is 2.36 bits per heavy atom. The minimum absolute atomic E-state index is 0.101. The lowest BCUT2D eigenvalue weighted by Crippen LogP contribution is -2.30. The second-order valence-corrected chi connectivity index (χ2v) is 3.72. The van der Waals surface area contributed by atoms with Crippen molar-refractivity contribution in [1.82, 2.24) is 5.32 Å². The van der Waals surface area contributed by atoms with Gasteiger partial charge in [0.2, 0.25) is 0 Å². The van der Waals surface area contributed by atoms with E-state index in [1.807, 2.05) is 0 Å². The van der Waals surface area contributed by atoms with Gasteiger partial charge in [0.1, 0.15) is 12.0 Å². The van der Waals surface area contributed by atoms with Crippen molar-refractivity contribution in [3.05, 3.63) is 28.3 Å². The summed E-state index contributed by atoms with van der Waals surface area (Å²) in [5, 5.41) is 12.9. The van der Waals surface area contributed by atoms with Gasteiger partial charge in [-0.25, -0.2) is 0 Å². The fourth-order valence-electron chi connectivity index (χ4n) is 1.77. The number of phenolic OH excluding ortho intramolecular Hbond substituents is 1. The van der Waals surface area contributed by atoms with Crippen LogP contribution in [0.3, 0.4) is 0 Å². The van der Waals surface area contributed by atoms with Crippen molar-refractivity contribution in [3.8, 4) is 5.75 Å². The van der Waals surface area contributed by atoms with E-state index in [-0.39, 0.29) is 11.8 Å². The van der Waals surface area contributed by atoms with Crippen LogP contribution < -0.4 is 5.32 Å². The molecule has 74 valence electrons.